The molecule has 0 bridgehead atoms. The molecule has 0 amide bonds. The molecule has 24 heavy (non-hydrogen) atoms. The summed E-state index contributed by atoms with van der Waals surface area (Å²) in [5, 5.41) is 0. The van der Waals surface area contributed by atoms with Crippen LogP contribution in [-0.4, -0.2) is 36.8 Å². The van der Waals surface area contributed by atoms with Crippen LogP contribution in [0.2, 0.25) is 0 Å². The summed E-state index contributed by atoms with van der Waals surface area (Å²) in [4.78, 5) is 16.0. The van der Waals surface area contributed by atoms with Gasteiger partial charge in [0.1, 0.15) is 6.54 Å². The molecule has 0 unspecified atom stereocenters. The normalized spacial score (nSPS) is 11.5. The molecule has 2 rings (SSSR count). The van der Waals surface area contributed by atoms with Crippen LogP contribution >= 0.6 is 15.9 Å². The van der Waals surface area contributed by atoms with E-state index in [9.17, 15) is 13.2 Å². The minimum Gasteiger partial charge on any atom is -0.465 e. The largest absolute Gasteiger partial charge is 0.465 e. The summed E-state index contributed by atoms with van der Waals surface area (Å²) >= 11 is 3.27. The minimum atomic E-state index is -3.86. The fourth-order valence-electron chi connectivity index (χ4n) is 2.00. The predicted molar refractivity (Wildman–Crippen MR) is 92.6 cm³/mol. The number of benzene rings is 1. The maximum atomic E-state index is 12.9. The van der Waals surface area contributed by atoms with Gasteiger partial charge in [-0.1, -0.05) is 22.0 Å². The third-order valence-electron chi connectivity index (χ3n) is 3.13. The fraction of sp³-hybridized carbons (Fsp3) is 0.250. The fourth-order valence-corrected chi connectivity index (χ4v) is 3.62. The van der Waals surface area contributed by atoms with Crippen molar-refractivity contribution in [2.24, 2.45) is 0 Å². The van der Waals surface area contributed by atoms with Crippen molar-refractivity contribution in [3.05, 3.63) is 58.8 Å². The molecular weight excluding hydrogens is 396 g/mol. The molecule has 1 heterocycles. The molecule has 1 aromatic heterocycles. The van der Waals surface area contributed by atoms with Crippen LogP contribution in [0, 0.1) is 0 Å². The van der Waals surface area contributed by atoms with Crippen molar-refractivity contribution in [1.29, 1.82) is 0 Å². The minimum absolute atomic E-state index is 0.0158. The standard InChI is InChI=1S/C16H17BrN2O4S/c1-2-23-16(20)12-19(11-14-5-3-4-10-18-14)24(21,22)15-8-6-13(17)7-9-15/h3-10H,2,11-12H2,1H3. The third kappa shape index (κ3) is 4.86. The van der Waals surface area contributed by atoms with Gasteiger partial charge in [0.2, 0.25) is 10.0 Å². The number of rotatable bonds is 7. The van der Waals surface area contributed by atoms with Gasteiger partial charge in [-0.05, 0) is 43.3 Å². The molecule has 6 nitrogen and oxygen atoms in total. The maximum Gasteiger partial charge on any atom is 0.321 e. The average molecular weight is 413 g/mol. The Morgan fingerprint density at radius 1 is 1.21 bits per heavy atom. The molecule has 0 fully saturated rings. The summed E-state index contributed by atoms with van der Waals surface area (Å²) in [5.74, 6) is -0.603. The highest BCUT2D eigenvalue weighted by molar-refractivity contribution is 9.10. The Hall–Kier alpha value is -1.77. The molecule has 0 N–H and O–H groups in total. The highest BCUT2D eigenvalue weighted by Gasteiger charge is 2.27. The third-order valence-corrected chi connectivity index (χ3v) is 5.46. The Balaban J connectivity index is 2.32. The van der Waals surface area contributed by atoms with Gasteiger partial charge in [-0.2, -0.15) is 4.31 Å². The van der Waals surface area contributed by atoms with E-state index in [0.29, 0.717) is 5.69 Å². The van der Waals surface area contributed by atoms with Crippen LogP contribution in [0.3, 0.4) is 0 Å². The predicted octanol–water partition coefficient (Wildman–Crippen LogP) is 2.60. The van der Waals surface area contributed by atoms with E-state index in [1.54, 1.807) is 43.5 Å². The molecule has 2 aromatic rings. The van der Waals surface area contributed by atoms with Gasteiger partial charge in [0.25, 0.3) is 0 Å². The van der Waals surface area contributed by atoms with E-state index >= 15 is 0 Å². The van der Waals surface area contributed by atoms with E-state index in [-0.39, 0.29) is 24.6 Å². The summed E-state index contributed by atoms with van der Waals surface area (Å²) in [7, 11) is -3.86. The quantitative estimate of drug-likeness (QED) is 0.653. The van der Waals surface area contributed by atoms with Gasteiger partial charge in [0.15, 0.2) is 0 Å². The van der Waals surface area contributed by atoms with Crippen LogP contribution in [0.1, 0.15) is 12.6 Å². The van der Waals surface area contributed by atoms with Crippen LogP contribution in [0.25, 0.3) is 0 Å². The van der Waals surface area contributed by atoms with Crippen molar-refractivity contribution in [2.75, 3.05) is 13.2 Å². The number of ether oxygens (including phenoxy) is 1. The van der Waals surface area contributed by atoms with Gasteiger partial charge in [-0.3, -0.25) is 9.78 Å². The second-order valence-electron chi connectivity index (χ2n) is 4.85. The second-order valence-corrected chi connectivity index (χ2v) is 7.71. The summed E-state index contributed by atoms with van der Waals surface area (Å²) in [5.41, 5.74) is 0.544. The Morgan fingerprint density at radius 3 is 2.50 bits per heavy atom. The summed E-state index contributed by atoms with van der Waals surface area (Å²) in [6.45, 7) is 1.47. The Morgan fingerprint density at radius 2 is 1.92 bits per heavy atom. The molecule has 0 saturated heterocycles. The number of sulfonamides is 1. The van der Waals surface area contributed by atoms with Crippen LogP contribution in [0.4, 0.5) is 0 Å². The van der Waals surface area contributed by atoms with E-state index in [1.165, 1.54) is 12.1 Å². The number of carbonyl (C=O) groups excluding carboxylic acids is 1. The first-order valence-electron chi connectivity index (χ1n) is 7.24. The molecule has 0 spiro atoms. The first-order chi connectivity index (χ1) is 11.4. The molecule has 0 atom stereocenters. The van der Waals surface area contributed by atoms with Crippen molar-refractivity contribution < 1.29 is 17.9 Å². The Bertz CT molecular complexity index is 779. The van der Waals surface area contributed by atoms with Crippen molar-refractivity contribution in [3.63, 3.8) is 0 Å². The molecule has 128 valence electrons. The lowest BCUT2D eigenvalue weighted by Crippen LogP contribution is -2.36. The molecule has 0 radical (unpaired) electrons. The number of esters is 1. The molecule has 8 heteroatoms. The van der Waals surface area contributed by atoms with Crippen molar-refractivity contribution in [3.8, 4) is 0 Å². The number of hydrogen-bond acceptors (Lipinski definition) is 5. The van der Waals surface area contributed by atoms with E-state index in [4.69, 9.17) is 4.74 Å². The lowest BCUT2D eigenvalue weighted by atomic mass is 10.3. The first kappa shape index (κ1) is 18.6. The van der Waals surface area contributed by atoms with E-state index in [0.717, 1.165) is 8.78 Å². The van der Waals surface area contributed by atoms with E-state index < -0.39 is 16.0 Å². The van der Waals surface area contributed by atoms with Crippen molar-refractivity contribution in [2.45, 2.75) is 18.4 Å². The zero-order chi connectivity index (χ0) is 17.6. The number of halogens is 1. The summed E-state index contributed by atoms with van der Waals surface area (Å²) in [6.07, 6.45) is 1.57. The van der Waals surface area contributed by atoms with Gasteiger partial charge in [-0.25, -0.2) is 8.42 Å². The van der Waals surface area contributed by atoms with Crippen LogP contribution in [0.15, 0.2) is 58.0 Å². The topological polar surface area (TPSA) is 76.6 Å². The van der Waals surface area contributed by atoms with E-state index in [1.807, 2.05) is 0 Å². The molecule has 0 aliphatic rings. The van der Waals surface area contributed by atoms with E-state index in [2.05, 4.69) is 20.9 Å². The number of carbonyl (C=O) groups is 1. The lowest BCUT2D eigenvalue weighted by molar-refractivity contribution is -0.143. The molecule has 0 aliphatic carbocycles. The lowest BCUT2D eigenvalue weighted by Gasteiger charge is -2.21. The maximum absolute atomic E-state index is 12.9. The van der Waals surface area contributed by atoms with Crippen LogP contribution in [-0.2, 0) is 26.1 Å². The Labute approximate surface area is 149 Å². The zero-order valence-electron chi connectivity index (χ0n) is 13.1. The van der Waals surface area contributed by atoms with Crippen molar-refractivity contribution in [1.82, 2.24) is 9.29 Å². The molecule has 0 saturated carbocycles. The number of aromatic nitrogens is 1. The van der Waals surface area contributed by atoms with Gasteiger partial charge in [0.05, 0.1) is 23.7 Å². The van der Waals surface area contributed by atoms with Crippen molar-refractivity contribution >= 4 is 31.9 Å². The smallest absolute Gasteiger partial charge is 0.321 e. The highest BCUT2D eigenvalue weighted by Crippen LogP contribution is 2.20. The summed E-state index contributed by atoms with van der Waals surface area (Å²) in [6, 6.07) is 11.4. The SMILES string of the molecule is CCOC(=O)CN(Cc1ccccn1)S(=O)(=O)c1ccc(Br)cc1. The molecule has 0 aliphatic heterocycles. The average Bonchev–Trinajstić information content (AvgIpc) is 2.56. The molecular formula is C16H17BrN2O4S. The van der Waals surface area contributed by atoms with Gasteiger partial charge < -0.3 is 4.74 Å². The first-order valence-corrected chi connectivity index (χ1v) is 9.48. The zero-order valence-corrected chi connectivity index (χ0v) is 15.5. The second kappa shape index (κ2) is 8.36. The summed E-state index contributed by atoms with van der Waals surface area (Å²) < 4.78 is 32.4. The number of nitrogens with zero attached hydrogens (tertiary/aromatic N) is 2. The monoisotopic (exact) mass is 412 g/mol. The van der Waals surface area contributed by atoms with Gasteiger partial charge in [-0.15, -0.1) is 0 Å². The number of hydrogen-bond donors (Lipinski definition) is 0. The highest BCUT2D eigenvalue weighted by atomic mass is 79.9. The van der Waals surface area contributed by atoms with Crippen LogP contribution in [0.5, 0.6) is 0 Å². The van der Waals surface area contributed by atoms with Crippen LogP contribution < -0.4 is 0 Å². The Kier molecular flexibility index (Phi) is 6.47. The van der Waals surface area contributed by atoms with Gasteiger partial charge in [0, 0.05) is 10.7 Å². The molecule has 1 aromatic carbocycles. The number of pyridine rings is 1. The van der Waals surface area contributed by atoms with Gasteiger partial charge >= 0.3 is 5.97 Å².